The largest absolute Gasteiger partial charge is 0.484 e. The highest BCUT2D eigenvalue weighted by Gasteiger charge is 2.07. The number of rotatable bonds is 5. The Kier molecular flexibility index (Phi) is 5.29. The Balaban J connectivity index is 2.14. The second kappa shape index (κ2) is 7.41. The highest BCUT2D eigenvalue weighted by molar-refractivity contribution is 5.46. The van der Waals surface area contributed by atoms with Crippen LogP contribution in [0.25, 0.3) is 0 Å². The molecule has 0 radical (unpaired) electrons. The lowest BCUT2D eigenvalue weighted by Crippen LogP contribution is -2.07. The fourth-order valence-electron chi connectivity index (χ4n) is 1.75. The van der Waals surface area contributed by atoms with E-state index in [4.69, 9.17) is 9.84 Å². The topological polar surface area (TPSA) is 60.2 Å². The van der Waals surface area contributed by atoms with E-state index in [-0.39, 0.29) is 19.0 Å². The molecule has 0 fully saturated rings. The number of aryl methyl sites for hydroxylation is 1. The molecule has 2 rings (SSSR count). The van der Waals surface area contributed by atoms with Crippen molar-refractivity contribution in [3.8, 4) is 17.6 Å². The summed E-state index contributed by atoms with van der Waals surface area (Å²) in [5.41, 5.74) is 0.450. The van der Waals surface area contributed by atoms with Crippen LogP contribution in [0.15, 0.2) is 24.5 Å². The van der Waals surface area contributed by atoms with E-state index < -0.39 is 0 Å². The van der Waals surface area contributed by atoms with Crippen molar-refractivity contribution >= 4 is 0 Å². The van der Waals surface area contributed by atoms with Crippen molar-refractivity contribution in [3.05, 3.63) is 41.7 Å². The molecular weight excluding hydrogens is 273 g/mol. The van der Waals surface area contributed by atoms with E-state index in [9.17, 15) is 4.39 Å². The van der Waals surface area contributed by atoms with Gasteiger partial charge in [-0.1, -0.05) is 11.8 Å². The van der Waals surface area contributed by atoms with Crippen molar-refractivity contribution in [2.45, 2.75) is 26.5 Å². The SMILES string of the molecule is CCn1ncnc1COc1ccc(F)cc1C#CCCO. The van der Waals surface area contributed by atoms with Crippen LogP contribution in [0.3, 0.4) is 0 Å². The third-order valence-electron chi connectivity index (χ3n) is 2.75. The fraction of sp³-hybridized carbons (Fsp3) is 0.333. The zero-order valence-electron chi connectivity index (χ0n) is 11.7. The number of hydrogen-bond donors (Lipinski definition) is 1. The van der Waals surface area contributed by atoms with Crippen LogP contribution in [-0.4, -0.2) is 26.5 Å². The minimum atomic E-state index is -0.382. The highest BCUT2D eigenvalue weighted by atomic mass is 19.1. The van der Waals surface area contributed by atoms with Crippen molar-refractivity contribution in [3.63, 3.8) is 0 Å². The quantitative estimate of drug-likeness (QED) is 0.852. The Morgan fingerprint density at radius 1 is 1.43 bits per heavy atom. The molecule has 0 aliphatic heterocycles. The van der Waals surface area contributed by atoms with Gasteiger partial charge in [0.15, 0.2) is 5.82 Å². The molecule has 0 saturated carbocycles. The molecule has 0 saturated heterocycles. The first-order valence-electron chi connectivity index (χ1n) is 6.63. The average Bonchev–Trinajstić information content (AvgIpc) is 2.94. The monoisotopic (exact) mass is 289 g/mol. The lowest BCUT2D eigenvalue weighted by Gasteiger charge is -2.08. The van der Waals surface area contributed by atoms with Crippen LogP contribution in [-0.2, 0) is 13.2 Å². The lowest BCUT2D eigenvalue weighted by atomic mass is 10.2. The van der Waals surface area contributed by atoms with Crippen LogP contribution in [0.2, 0.25) is 0 Å². The molecule has 110 valence electrons. The maximum Gasteiger partial charge on any atom is 0.164 e. The van der Waals surface area contributed by atoms with Crippen molar-refractivity contribution in [1.82, 2.24) is 14.8 Å². The minimum absolute atomic E-state index is 0.0297. The van der Waals surface area contributed by atoms with E-state index in [0.29, 0.717) is 30.1 Å². The number of ether oxygens (including phenoxy) is 1. The van der Waals surface area contributed by atoms with E-state index in [2.05, 4.69) is 21.9 Å². The van der Waals surface area contributed by atoms with Crippen LogP contribution < -0.4 is 4.74 Å². The number of aliphatic hydroxyl groups excluding tert-OH is 1. The van der Waals surface area contributed by atoms with Gasteiger partial charge in [0.2, 0.25) is 0 Å². The van der Waals surface area contributed by atoms with Gasteiger partial charge in [0.05, 0.1) is 12.2 Å². The Labute approximate surface area is 122 Å². The van der Waals surface area contributed by atoms with Gasteiger partial charge >= 0.3 is 0 Å². The first-order valence-corrected chi connectivity index (χ1v) is 6.63. The van der Waals surface area contributed by atoms with Gasteiger partial charge in [-0.2, -0.15) is 5.10 Å². The maximum absolute atomic E-state index is 13.3. The van der Waals surface area contributed by atoms with Crippen LogP contribution in [0, 0.1) is 17.7 Å². The normalized spacial score (nSPS) is 10.0. The summed E-state index contributed by atoms with van der Waals surface area (Å²) in [6.07, 6.45) is 1.80. The Bertz CT molecular complexity index is 658. The van der Waals surface area contributed by atoms with E-state index in [1.54, 1.807) is 4.68 Å². The fourth-order valence-corrected chi connectivity index (χ4v) is 1.75. The van der Waals surface area contributed by atoms with Gasteiger partial charge in [-0.05, 0) is 25.1 Å². The first kappa shape index (κ1) is 15.0. The summed E-state index contributed by atoms with van der Waals surface area (Å²) in [5, 5.41) is 12.8. The van der Waals surface area contributed by atoms with Crippen LogP contribution in [0.5, 0.6) is 5.75 Å². The van der Waals surface area contributed by atoms with E-state index >= 15 is 0 Å². The van der Waals surface area contributed by atoms with Crippen molar-refractivity contribution in [2.75, 3.05) is 6.61 Å². The Hall–Kier alpha value is -2.39. The molecule has 0 aliphatic carbocycles. The van der Waals surface area contributed by atoms with Crippen molar-refractivity contribution in [1.29, 1.82) is 0 Å². The molecular formula is C15H16FN3O2. The number of benzene rings is 1. The van der Waals surface area contributed by atoms with Crippen LogP contribution in [0.4, 0.5) is 4.39 Å². The summed E-state index contributed by atoms with van der Waals surface area (Å²) in [4.78, 5) is 4.11. The summed E-state index contributed by atoms with van der Waals surface area (Å²) in [7, 11) is 0. The molecule has 21 heavy (non-hydrogen) atoms. The summed E-state index contributed by atoms with van der Waals surface area (Å²) in [6.45, 7) is 2.86. The third kappa shape index (κ3) is 4.04. The van der Waals surface area contributed by atoms with Gasteiger partial charge < -0.3 is 9.84 Å². The molecule has 1 N–H and O–H groups in total. The van der Waals surface area contributed by atoms with E-state index in [1.165, 1.54) is 24.5 Å². The van der Waals surface area contributed by atoms with E-state index in [0.717, 1.165) is 0 Å². The van der Waals surface area contributed by atoms with Gasteiger partial charge in [-0.15, -0.1) is 0 Å². The Morgan fingerprint density at radius 3 is 3.05 bits per heavy atom. The Morgan fingerprint density at radius 2 is 2.29 bits per heavy atom. The number of halogens is 1. The lowest BCUT2D eigenvalue weighted by molar-refractivity contribution is 0.286. The molecule has 0 aliphatic rings. The summed E-state index contributed by atoms with van der Waals surface area (Å²) >= 11 is 0. The summed E-state index contributed by atoms with van der Waals surface area (Å²) in [6, 6.07) is 4.16. The summed E-state index contributed by atoms with van der Waals surface area (Å²) < 4.78 is 20.7. The molecule has 6 heteroatoms. The zero-order valence-corrected chi connectivity index (χ0v) is 11.7. The van der Waals surface area contributed by atoms with Gasteiger partial charge in [0, 0.05) is 13.0 Å². The molecule has 1 heterocycles. The second-order valence-electron chi connectivity index (χ2n) is 4.20. The van der Waals surface area contributed by atoms with E-state index in [1.807, 2.05) is 6.92 Å². The van der Waals surface area contributed by atoms with Gasteiger partial charge in [-0.25, -0.2) is 14.1 Å². The second-order valence-corrected chi connectivity index (χ2v) is 4.20. The first-order chi connectivity index (χ1) is 10.2. The van der Waals surface area contributed by atoms with Crippen molar-refractivity contribution in [2.24, 2.45) is 0 Å². The van der Waals surface area contributed by atoms with Crippen LogP contribution >= 0.6 is 0 Å². The molecule has 0 unspecified atom stereocenters. The molecule has 1 aromatic carbocycles. The van der Waals surface area contributed by atoms with Gasteiger partial charge in [0.25, 0.3) is 0 Å². The van der Waals surface area contributed by atoms with Gasteiger partial charge in [-0.3, -0.25) is 0 Å². The van der Waals surface area contributed by atoms with Crippen molar-refractivity contribution < 1.29 is 14.2 Å². The smallest absolute Gasteiger partial charge is 0.164 e. The molecule has 2 aromatic rings. The number of aliphatic hydroxyl groups is 1. The minimum Gasteiger partial charge on any atom is -0.484 e. The molecule has 1 aromatic heterocycles. The number of hydrogen-bond acceptors (Lipinski definition) is 4. The van der Waals surface area contributed by atoms with Crippen LogP contribution in [0.1, 0.15) is 24.7 Å². The molecule has 0 atom stereocenters. The summed E-state index contributed by atoms with van der Waals surface area (Å²) in [5.74, 6) is 6.34. The zero-order chi connectivity index (χ0) is 15.1. The number of aromatic nitrogens is 3. The standard InChI is InChI=1S/C15H16FN3O2/c1-2-19-15(17-11-18-19)10-21-14-7-6-13(16)9-12(14)5-3-4-8-20/h6-7,9,11,20H,2,4,8,10H2,1H3. The molecule has 0 amide bonds. The third-order valence-corrected chi connectivity index (χ3v) is 2.75. The highest BCUT2D eigenvalue weighted by Crippen LogP contribution is 2.19. The van der Waals surface area contributed by atoms with Gasteiger partial charge in [0.1, 0.15) is 24.5 Å². The predicted molar refractivity (Wildman–Crippen MR) is 75.0 cm³/mol. The molecule has 0 bridgehead atoms. The number of nitrogens with zero attached hydrogens (tertiary/aromatic N) is 3. The maximum atomic E-state index is 13.3. The predicted octanol–water partition coefficient (Wildman–Crippen LogP) is 1.75. The molecule has 0 spiro atoms. The average molecular weight is 289 g/mol. The molecule has 5 nitrogen and oxygen atoms in total.